The molecule has 172 valence electrons. The highest BCUT2D eigenvalue weighted by Gasteiger charge is 2.50. The molecule has 0 aromatic heterocycles. The van der Waals surface area contributed by atoms with Crippen molar-refractivity contribution in [2.24, 2.45) is 11.7 Å². The fourth-order valence-corrected chi connectivity index (χ4v) is 5.08. The Morgan fingerprint density at radius 1 is 1.23 bits per heavy atom. The molecule has 7 N–H and O–H groups in total. The van der Waals surface area contributed by atoms with Gasteiger partial charge in [-0.05, 0) is 19.9 Å². The summed E-state index contributed by atoms with van der Waals surface area (Å²) in [5.74, 6) is -0.935. The number of fused-ring (bicyclic) bond motifs is 1. The van der Waals surface area contributed by atoms with Crippen molar-refractivity contribution in [1.29, 1.82) is 0 Å². The first-order valence-electron chi connectivity index (χ1n) is 10.4. The lowest BCUT2D eigenvalue weighted by atomic mass is 9.96. The maximum atomic E-state index is 13.6. The van der Waals surface area contributed by atoms with E-state index in [0.29, 0.717) is 19.5 Å². The van der Waals surface area contributed by atoms with Crippen molar-refractivity contribution in [1.82, 2.24) is 36.6 Å². The molecule has 4 aliphatic rings. The number of hydrazine groups is 1. The molecule has 4 aliphatic heterocycles. The molecule has 9 nitrogen and oxygen atoms in total. The topological polar surface area (TPSA) is 110 Å². The molecule has 8 atom stereocenters. The highest BCUT2D eigenvalue weighted by Crippen LogP contribution is 2.29. The Kier molecular flexibility index (Phi) is 6.23. The van der Waals surface area contributed by atoms with Crippen LogP contribution in [0.3, 0.4) is 0 Å². The molecule has 4 saturated heterocycles. The van der Waals surface area contributed by atoms with E-state index in [1.807, 2.05) is 0 Å². The Balaban J connectivity index is 1.43. The largest absolute Gasteiger partial charge is 0.405 e. The van der Waals surface area contributed by atoms with Crippen molar-refractivity contribution in [3.05, 3.63) is 0 Å². The van der Waals surface area contributed by atoms with E-state index >= 15 is 0 Å². The second-order valence-electron chi connectivity index (χ2n) is 8.59. The van der Waals surface area contributed by atoms with Gasteiger partial charge in [0.25, 0.3) is 0 Å². The lowest BCUT2D eigenvalue weighted by Crippen LogP contribution is -2.63. The number of nitrogens with two attached hydrogens (primary N) is 1. The van der Waals surface area contributed by atoms with Gasteiger partial charge in [-0.2, -0.15) is 13.2 Å². The van der Waals surface area contributed by atoms with Crippen LogP contribution in [-0.2, 0) is 4.79 Å². The molecule has 0 spiro atoms. The molecule has 4 heterocycles. The van der Waals surface area contributed by atoms with Crippen molar-refractivity contribution < 1.29 is 22.4 Å². The third kappa shape index (κ3) is 4.29. The number of amides is 1. The van der Waals surface area contributed by atoms with Gasteiger partial charge in [0.15, 0.2) is 0 Å². The van der Waals surface area contributed by atoms with Crippen molar-refractivity contribution in [2.75, 3.05) is 32.7 Å². The maximum absolute atomic E-state index is 13.6. The number of nitrogens with zero attached hydrogens (tertiary/aromatic N) is 2. The van der Waals surface area contributed by atoms with Crippen LogP contribution in [0.4, 0.5) is 17.6 Å². The third-order valence-corrected chi connectivity index (χ3v) is 6.55. The van der Waals surface area contributed by atoms with Crippen LogP contribution in [0.1, 0.15) is 13.3 Å². The van der Waals surface area contributed by atoms with E-state index in [-0.39, 0.29) is 37.6 Å². The number of nitrogens with one attached hydrogen (secondary N) is 5. The van der Waals surface area contributed by atoms with Crippen LogP contribution in [0.25, 0.3) is 0 Å². The van der Waals surface area contributed by atoms with Gasteiger partial charge in [-0.3, -0.25) is 20.3 Å². The van der Waals surface area contributed by atoms with Gasteiger partial charge >= 0.3 is 6.18 Å². The van der Waals surface area contributed by atoms with Gasteiger partial charge in [0.1, 0.15) is 12.2 Å². The quantitative estimate of drug-likeness (QED) is 0.281. The molecule has 0 aromatic rings. The molecule has 0 radical (unpaired) electrons. The average Bonchev–Trinajstić information content (AvgIpc) is 3.21. The first-order chi connectivity index (χ1) is 14.1. The number of carbonyl (C=O) groups excluding carboxylic acids is 1. The monoisotopic (exact) mass is 438 g/mol. The zero-order chi connectivity index (χ0) is 21.6. The highest BCUT2D eigenvalue weighted by atomic mass is 19.4. The van der Waals surface area contributed by atoms with Gasteiger partial charge in [-0.25, -0.2) is 14.8 Å². The number of halogens is 4. The van der Waals surface area contributed by atoms with Crippen LogP contribution in [0.5, 0.6) is 0 Å². The van der Waals surface area contributed by atoms with E-state index < -0.39 is 42.8 Å². The van der Waals surface area contributed by atoms with E-state index in [9.17, 15) is 22.4 Å². The summed E-state index contributed by atoms with van der Waals surface area (Å²) in [5.41, 5.74) is 9.03. The molecule has 30 heavy (non-hydrogen) atoms. The smallest absolute Gasteiger partial charge is 0.350 e. The van der Waals surface area contributed by atoms with Crippen LogP contribution < -0.4 is 32.4 Å². The normalized spacial score (nSPS) is 43.5. The first-order valence-corrected chi connectivity index (χ1v) is 10.4. The Morgan fingerprint density at radius 2 is 2.00 bits per heavy atom. The van der Waals surface area contributed by atoms with Crippen molar-refractivity contribution >= 4 is 5.91 Å². The van der Waals surface area contributed by atoms with Crippen LogP contribution >= 0.6 is 0 Å². The summed E-state index contributed by atoms with van der Waals surface area (Å²) in [4.78, 5) is 14.9. The Labute approximate surface area is 172 Å². The Hall–Kier alpha value is -1.09. The molecule has 8 unspecified atom stereocenters. The first kappa shape index (κ1) is 22.1. The molecule has 1 amide bonds. The van der Waals surface area contributed by atoms with E-state index in [4.69, 9.17) is 5.73 Å². The number of piperidine rings is 1. The summed E-state index contributed by atoms with van der Waals surface area (Å²) in [6.45, 7) is 2.96. The number of hydrogen-bond donors (Lipinski definition) is 6. The van der Waals surface area contributed by atoms with Crippen molar-refractivity contribution in [3.8, 4) is 0 Å². The predicted molar refractivity (Wildman–Crippen MR) is 100 cm³/mol. The second-order valence-corrected chi connectivity index (χ2v) is 8.59. The fraction of sp³-hybridized carbons (Fsp3) is 0.941. The maximum Gasteiger partial charge on any atom is 0.405 e. The number of carbonyl (C=O) groups is 1. The summed E-state index contributed by atoms with van der Waals surface area (Å²) < 4.78 is 53.2. The Bertz CT molecular complexity index is 639. The van der Waals surface area contributed by atoms with Crippen LogP contribution in [0.15, 0.2) is 0 Å². The summed E-state index contributed by atoms with van der Waals surface area (Å²) in [6.07, 6.45) is -6.31. The predicted octanol–water partition coefficient (Wildman–Crippen LogP) is -2.00. The van der Waals surface area contributed by atoms with Crippen molar-refractivity contribution in [3.63, 3.8) is 0 Å². The number of rotatable bonds is 3. The standard InChI is InChI=1S/C17H30F4N8O/c1-8-25-12(17(19,20)21)7-28(8)11-2-3-23-5-10(11)26-16(30)13-14(22)27-29-6-9(18)4-24-15(13)29/h8-15,23-25,27H,2-7,22H2,1H3,(H,26,30). The van der Waals surface area contributed by atoms with Crippen LogP contribution in [0, 0.1) is 5.92 Å². The van der Waals surface area contributed by atoms with Gasteiger partial charge in [-0.15, -0.1) is 0 Å². The molecule has 0 aliphatic carbocycles. The second kappa shape index (κ2) is 8.45. The van der Waals surface area contributed by atoms with Gasteiger partial charge in [0.05, 0.1) is 30.5 Å². The average molecular weight is 438 g/mol. The zero-order valence-corrected chi connectivity index (χ0v) is 16.8. The van der Waals surface area contributed by atoms with Gasteiger partial charge in [0.2, 0.25) is 5.91 Å². The summed E-state index contributed by atoms with van der Waals surface area (Å²) in [5, 5.41) is 13.4. The molecular formula is C17H30F4N8O. The van der Waals surface area contributed by atoms with Crippen LogP contribution in [-0.4, -0.2) is 97.5 Å². The minimum absolute atomic E-state index is 0.137. The molecule has 13 heteroatoms. The number of hydrogen-bond acceptors (Lipinski definition) is 8. The molecule has 0 saturated carbocycles. The number of alkyl halides is 4. The van der Waals surface area contributed by atoms with E-state index in [2.05, 4.69) is 26.7 Å². The SMILES string of the molecule is CC1NC(C(F)(F)F)CN1C1CCNCC1NC(=O)C1C(N)NN2CC(F)CNC12. The van der Waals surface area contributed by atoms with E-state index in [0.717, 1.165) is 0 Å². The summed E-state index contributed by atoms with van der Waals surface area (Å²) in [6, 6.07) is -2.18. The zero-order valence-electron chi connectivity index (χ0n) is 16.8. The van der Waals surface area contributed by atoms with Crippen molar-refractivity contribution in [2.45, 2.75) is 62.3 Å². The minimum atomic E-state index is -4.32. The third-order valence-electron chi connectivity index (χ3n) is 6.55. The van der Waals surface area contributed by atoms with Gasteiger partial charge in [0, 0.05) is 32.2 Å². The lowest BCUT2D eigenvalue weighted by Gasteiger charge is -2.41. The fourth-order valence-electron chi connectivity index (χ4n) is 5.08. The molecular weight excluding hydrogens is 408 g/mol. The highest BCUT2D eigenvalue weighted by molar-refractivity contribution is 5.81. The molecule has 4 fully saturated rings. The minimum Gasteiger partial charge on any atom is -0.350 e. The molecule has 0 aromatic carbocycles. The van der Waals surface area contributed by atoms with E-state index in [1.165, 1.54) is 0 Å². The summed E-state index contributed by atoms with van der Waals surface area (Å²) in [7, 11) is 0. The van der Waals surface area contributed by atoms with E-state index in [1.54, 1.807) is 16.8 Å². The van der Waals surface area contributed by atoms with Gasteiger partial charge < -0.3 is 16.4 Å². The Morgan fingerprint density at radius 3 is 2.70 bits per heavy atom. The molecule has 0 bridgehead atoms. The van der Waals surface area contributed by atoms with Crippen LogP contribution in [0.2, 0.25) is 0 Å². The summed E-state index contributed by atoms with van der Waals surface area (Å²) >= 11 is 0. The molecule has 4 rings (SSSR count). The lowest BCUT2D eigenvalue weighted by molar-refractivity contribution is -0.151. The van der Waals surface area contributed by atoms with Gasteiger partial charge in [-0.1, -0.05) is 0 Å².